The quantitative estimate of drug-likeness (QED) is 0.686. The van der Waals surface area contributed by atoms with Gasteiger partial charge in [-0.25, -0.2) is 4.79 Å². The number of carbonyl (C=O) groups excluding carboxylic acids is 1. The molecule has 0 saturated heterocycles. The van der Waals surface area contributed by atoms with E-state index in [1.54, 1.807) is 17.0 Å². The van der Waals surface area contributed by atoms with Crippen LogP contribution in [-0.2, 0) is 4.74 Å². The van der Waals surface area contributed by atoms with Gasteiger partial charge >= 0.3 is 6.09 Å². The molecule has 2 rings (SSSR count). The van der Waals surface area contributed by atoms with Crippen LogP contribution in [0, 0.1) is 0 Å². The first kappa shape index (κ1) is 15.2. The Bertz CT molecular complexity index is 535. The van der Waals surface area contributed by atoms with E-state index < -0.39 is 5.60 Å². The molecule has 0 aliphatic carbocycles. The summed E-state index contributed by atoms with van der Waals surface area (Å²) in [7, 11) is 0. The number of ether oxygens (including phenoxy) is 2. The van der Waals surface area contributed by atoms with E-state index in [0.717, 1.165) is 0 Å². The zero-order valence-electron chi connectivity index (χ0n) is 12.7. The van der Waals surface area contributed by atoms with Gasteiger partial charge in [0.05, 0.1) is 6.04 Å². The number of hydrogen-bond acceptors (Lipinski definition) is 4. The van der Waals surface area contributed by atoms with Crippen molar-refractivity contribution in [2.75, 3.05) is 18.9 Å². The van der Waals surface area contributed by atoms with E-state index in [1.165, 1.54) is 0 Å². The number of anilines is 1. The van der Waals surface area contributed by atoms with Gasteiger partial charge in [-0.3, -0.25) is 4.90 Å². The summed E-state index contributed by atoms with van der Waals surface area (Å²) in [5.41, 5.74) is 5.86. The van der Waals surface area contributed by atoms with E-state index in [2.05, 4.69) is 0 Å². The molecule has 1 aliphatic rings. The summed E-state index contributed by atoms with van der Waals surface area (Å²) in [6.07, 6.45) is 3.57. The zero-order chi connectivity index (χ0) is 15.5. The van der Waals surface area contributed by atoms with Gasteiger partial charge in [-0.2, -0.15) is 0 Å². The monoisotopic (exact) mass is 290 g/mol. The summed E-state index contributed by atoms with van der Waals surface area (Å²) in [6.45, 7) is 6.48. The maximum Gasteiger partial charge on any atom is 0.411 e. The zero-order valence-corrected chi connectivity index (χ0v) is 12.7. The van der Waals surface area contributed by atoms with E-state index in [4.69, 9.17) is 15.2 Å². The third-order valence-electron chi connectivity index (χ3n) is 2.97. The smallest absolute Gasteiger partial charge is 0.411 e. The molecule has 1 aliphatic heterocycles. The SMILES string of the molecule is CC(C)(C)OC(=O)N1CC=CC1COc1cccc(N)c1. The van der Waals surface area contributed by atoms with Gasteiger partial charge in [0, 0.05) is 18.3 Å². The van der Waals surface area contributed by atoms with Crippen LogP contribution in [-0.4, -0.2) is 35.8 Å². The van der Waals surface area contributed by atoms with Crippen LogP contribution in [0.2, 0.25) is 0 Å². The molecule has 0 spiro atoms. The molecule has 1 heterocycles. The van der Waals surface area contributed by atoms with Crippen molar-refractivity contribution in [3.63, 3.8) is 0 Å². The van der Waals surface area contributed by atoms with Crippen molar-refractivity contribution in [1.29, 1.82) is 0 Å². The van der Waals surface area contributed by atoms with Crippen molar-refractivity contribution in [2.24, 2.45) is 0 Å². The lowest BCUT2D eigenvalue weighted by atomic mass is 10.2. The highest BCUT2D eigenvalue weighted by atomic mass is 16.6. The fraction of sp³-hybridized carbons (Fsp3) is 0.438. The van der Waals surface area contributed by atoms with E-state index in [1.807, 2.05) is 45.1 Å². The number of nitrogens with two attached hydrogens (primary N) is 1. The average Bonchev–Trinajstić information content (AvgIpc) is 2.83. The third-order valence-corrected chi connectivity index (χ3v) is 2.97. The normalized spacial score (nSPS) is 17.9. The molecule has 1 aromatic carbocycles. The molecule has 5 heteroatoms. The molecule has 0 radical (unpaired) electrons. The van der Waals surface area contributed by atoms with Gasteiger partial charge in [0.1, 0.15) is 18.0 Å². The number of nitrogen functional groups attached to an aromatic ring is 1. The molecular formula is C16H22N2O3. The van der Waals surface area contributed by atoms with Crippen LogP contribution in [0.15, 0.2) is 36.4 Å². The Balaban J connectivity index is 1.93. The molecule has 0 fully saturated rings. The molecule has 1 atom stereocenters. The molecule has 0 aromatic heterocycles. The number of rotatable bonds is 3. The molecule has 1 aromatic rings. The van der Waals surface area contributed by atoms with E-state index in [-0.39, 0.29) is 12.1 Å². The first-order valence-corrected chi connectivity index (χ1v) is 7.00. The van der Waals surface area contributed by atoms with Gasteiger partial charge in [0.15, 0.2) is 0 Å². The Morgan fingerprint density at radius 2 is 2.19 bits per heavy atom. The van der Waals surface area contributed by atoms with E-state index in [9.17, 15) is 4.79 Å². The second-order valence-corrected chi connectivity index (χ2v) is 6.01. The lowest BCUT2D eigenvalue weighted by Gasteiger charge is -2.28. The van der Waals surface area contributed by atoms with Gasteiger partial charge < -0.3 is 15.2 Å². The Hall–Kier alpha value is -2.17. The van der Waals surface area contributed by atoms with Gasteiger partial charge in [-0.1, -0.05) is 18.2 Å². The summed E-state index contributed by atoms with van der Waals surface area (Å²) in [5.74, 6) is 0.694. The summed E-state index contributed by atoms with van der Waals surface area (Å²) >= 11 is 0. The maximum atomic E-state index is 12.1. The Morgan fingerprint density at radius 1 is 1.43 bits per heavy atom. The van der Waals surface area contributed by atoms with Gasteiger partial charge in [-0.05, 0) is 32.9 Å². The van der Waals surface area contributed by atoms with Crippen molar-refractivity contribution >= 4 is 11.8 Å². The van der Waals surface area contributed by atoms with Gasteiger partial charge in [-0.15, -0.1) is 0 Å². The first-order chi connectivity index (χ1) is 9.85. The first-order valence-electron chi connectivity index (χ1n) is 7.00. The number of amides is 1. The Kier molecular flexibility index (Phi) is 4.40. The van der Waals surface area contributed by atoms with Gasteiger partial charge in [0.25, 0.3) is 0 Å². The fourth-order valence-electron chi connectivity index (χ4n) is 2.03. The second-order valence-electron chi connectivity index (χ2n) is 6.01. The predicted molar refractivity (Wildman–Crippen MR) is 82.2 cm³/mol. The standard InChI is InChI=1S/C16H22N2O3/c1-16(2,3)21-15(19)18-9-5-7-13(18)11-20-14-8-4-6-12(17)10-14/h4-8,10,13H,9,11,17H2,1-3H3. The summed E-state index contributed by atoms with van der Waals surface area (Å²) in [4.78, 5) is 13.8. The Morgan fingerprint density at radius 3 is 2.86 bits per heavy atom. The largest absolute Gasteiger partial charge is 0.491 e. The van der Waals surface area contributed by atoms with Crippen molar-refractivity contribution in [3.05, 3.63) is 36.4 Å². The maximum absolute atomic E-state index is 12.1. The van der Waals surface area contributed by atoms with Crippen molar-refractivity contribution < 1.29 is 14.3 Å². The summed E-state index contributed by atoms with van der Waals surface area (Å²) < 4.78 is 11.1. The summed E-state index contributed by atoms with van der Waals surface area (Å²) in [5, 5.41) is 0. The van der Waals surface area contributed by atoms with Crippen LogP contribution < -0.4 is 10.5 Å². The van der Waals surface area contributed by atoms with Crippen LogP contribution in [0.4, 0.5) is 10.5 Å². The molecule has 2 N–H and O–H groups in total. The van der Waals surface area contributed by atoms with Crippen molar-refractivity contribution in [3.8, 4) is 5.75 Å². The van der Waals surface area contributed by atoms with E-state index >= 15 is 0 Å². The predicted octanol–water partition coefficient (Wildman–Crippen LogP) is 2.82. The lowest BCUT2D eigenvalue weighted by Crippen LogP contribution is -2.42. The van der Waals surface area contributed by atoms with Crippen molar-refractivity contribution in [2.45, 2.75) is 32.4 Å². The number of nitrogens with zero attached hydrogens (tertiary/aromatic N) is 1. The number of benzene rings is 1. The van der Waals surface area contributed by atoms with Crippen LogP contribution in [0.1, 0.15) is 20.8 Å². The van der Waals surface area contributed by atoms with Crippen LogP contribution >= 0.6 is 0 Å². The average molecular weight is 290 g/mol. The van der Waals surface area contributed by atoms with Crippen molar-refractivity contribution in [1.82, 2.24) is 4.90 Å². The highest BCUT2D eigenvalue weighted by molar-refractivity contribution is 5.69. The number of hydrogen-bond donors (Lipinski definition) is 1. The molecule has 114 valence electrons. The molecule has 1 unspecified atom stereocenters. The summed E-state index contributed by atoms with van der Waals surface area (Å²) in [6, 6.07) is 7.11. The fourth-order valence-corrected chi connectivity index (χ4v) is 2.03. The minimum absolute atomic E-state index is 0.124. The van der Waals surface area contributed by atoms with Crippen LogP contribution in [0.3, 0.4) is 0 Å². The van der Waals surface area contributed by atoms with Crippen LogP contribution in [0.25, 0.3) is 0 Å². The third kappa shape index (κ3) is 4.41. The highest BCUT2D eigenvalue weighted by Crippen LogP contribution is 2.19. The molecule has 1 amide bonds. The minimum Gasteiger partial charge on any atom is -0.491 e. The second kappa shape index (κ2) is 6.08. The molecule has 0 bridgehead atoms. The molecule has 21 heavy (non-hydrogen) atoms. The van der Waals surface area contributed by atoms with E-state index in [0.29, 0.717) is 24.6 Å². The highest BCUT2D eigenvalue weighted by Gasteiger charge is 2.29. The molecule has 0 saturated carbocycles. The molecule has 5 nitrogen and oxygen atoms in total. The Labute approximate surface area is 125 Å². The minimum atomic E-state index is -0.501. The van der Waals surface area contributed by atoms with Gasteiger partial charge in [0.2, 0.25) is 0 Å². The molecular weight excluding hydrogens is 268 g/mol. The topological polar surface area (TPSA) is 64.8 Å². The van der Waals surface area contributed by atoms with Crippen LogP contribution in [0.5, 0.6) is 5.75 Å². The lowest BCUT2D eigenvalue weighted by molar-refractivity contribution is 0.0208. The number of carbonyl (C=O) groups is 1.